The number of likely N-dealkylation sites (tertiary alicyclic amines) is 1. The fourth-order valence-electron chi connectivity index (χ4n) is 1.75. The summed E-state index contributed by atoms with van der Waals surface area (Å²) in [7, 11) is 0. The number of nitrogens with zero attached hydrogens (tertiary/aromatic N) is 1. The van der Waals surface area contributed by atoms with Crippen molar-refractivity contribution in [3.05, 3.63) is 0 Å². The quantitative estimate of drug-likeness (QED) is 0.705. The van der Waals surface area contributed by atoms with Gasteiger partial charge in [-0.3, -0.25) is 0 Å². The second-order valence-electron chi connectivity index (χ2n) is 3.44. The Hall–Kier alpha value is -1.26. The molecule has 2 amide bonds. The first-order valence-electron chi connectivity index (χ1n) is 5.41. The first kappa shape index (κ1) is 11.8. The maximum atomic E-state index is 11.6. The predicted octanol–water partition coefficient (Wildman–Crippen LogP) is 0.743. The maximum absolute atomic E-state index is 11.6. The Morgan fingerprint density at radius 1 is 1.47 bits per heavy atom. The van der Waals surface area contributed by atoms with Gasteiger partial charge in [0, 0.05) is 13.1 Å². The van der Waals surface area contributed by atoms with Crippen molar-refractivity contribution in [1.82, 2.24) is 10.2 Å². The van der Waals surface area contributed by atoms with E-state index in [-0.39, 0.29) is 12.0 Å². The SMILES string of the molecule is CCNC(=O)N1CCCC1C(=O)OCC. The number of carbonyl (C=O) groups is 2. The van der Waals surface area contributed by atoms with Crippen LogP contribution >= 0.6 is 0 Å². The summed E-state index contributed by atoms with van der Waals surface area (Å²) in [4.78, 5) is 24.6. The van der Waals surface area contributed by atoms with E-state index in [1.165, 1.54) is 0 Å². The number of hydrogen-bond donors (Lipinski definition) is 1. The summed E-state index contributed by atoms with van der Waals surface area (Å²) in [5.74, 6) is -0.291. The molecule has 1 rings (SSSR count). The Bertz CT molecular complexity index is 219. The Labute approximate surface area is 89.8 Å². The minimum absolute atomic E-state index is 0.173. The highest BCUT2D eigenvalue weighted by atomic mass is 16.5. The first-order chi connectivity index (χ1) is 7.20. The van der Waals surface area contributed by atoms with Crippen molar-refractivity contribution in [3.63, 3.8) is 0 Å². The van der Waals surface area contributed by atoms with Gasteiger partial charge in [-0.25, -0.2) is 9.59 Å². The van der Waals surface area contributed by atoms with Crippen molar-refractivity contribution in [1.29, 1.82) is 0 Å². The Morgan fingerprint density at radius 2 is 2.20 bits per heavy atom. The molecule has 0 aromatic rings. The molecule has 0 saturated carbocycles. The summed E-state index contributed by atoms with van der Waals surface area (Å²) >= 11 is 0. The van der Waals surface area contributed by atoms with Gasteiger partial charge in [-0.1, -0.05) is 0 Å². The number of amides is 2. The second kappa shape index (κ2) is 5.58. The molecule has 1 unspecified atom stereocenters. The third kappa shape index (κ3) is 2.84. The van der Waals surface area contributed by atoms with Gasteiger partial charge >= 0.3 is 12.0 Å². The third-order valence-electron chi connectivity index (χ3n) is 2.40. The Kier molecular flexibility index (Phi) is 4.39. The zero-order chi connectivity index (χ0) is 11.3. The molecule has 0 aliphatic carbocycles. The van der Waals surface area contributed by atoms with E-state index in [0.717, 1.165) is 6.42 Å². The highest BCUT2D eigenvalue weighted by Gasteiger charge is 2.34. The van der Waals surface area contributed by atoms with E-state index >= 15 is 0 Å². The standard InChI is InChI=1S/C10H18N2O3/c1-3-11-10(14)12-7-5-6-8(12)9(13)15-4-2/h8H,3-7H2,1-2H3,(H,11,14). The van der Waals surface area contributed by atoms with E-state index < -0.39 is 6.04 Å². The lowest BCUT2D eigenvalue weighted by atomic mass is 10.2. The fraction of sp³-hybridized carbons (Fsp3) is 0.800. The lowest BCUT2D eigenvalue weighted by Crippen LogP contribution is -2.46. The van der Waals surface area contributed by atoms with Crippen LogP contribution in [0, 0.1) is 0 Å². The molecule has 1 atom stereocenters. The lowest BCUT2D eigenvalue weighted by Gasteiger charge is -2.22. The number of ether oxygens (including phenoxy) is 1. The topological polar surface area (TPSA) is 58.6 Å². The molecule has 0 spiro atoms. The van der Waals surface area contributed by atoms with Gasteiger partial charge in [0.1, 0.15) is 6.04 Å². The van der Waals surface area contributed by atoms with E-state index in [9.17, 15) is 9.59 Å². The van der Waals surface area contributed by atoms with Gasteiger partial charge in [-0.2, -0.15) is 0 Å². The van der Waals surface area contributed by atoms with Gasteiger partial charge in [-0.15, -0.1) is 0 Å². The van der Waals surface area contributed by atoms with Crippen LogP contribution in [0.3, 0.4) is 0 Å². The van der Waals surface area contributed by atoms with Crippen molar-refractivity contribution < 1.29 is 14.3 Å². The molecule has 5 heteroatoms. The van der Waals surface area contributed by atoms with Gasteiger partial charge in [0.15, 0.2) is 0 Å². The van der Waals surface area contributed by atoms with Gasteiger partial charge < -0.3 is 15.0 Å². The lowest BCUT2D eigenvalue weighted by molar-refractivity contribution is -0.147. The average Bonchev–Trinajstić information content (AvgIpc) is 2.66. The van der Waals surface area contributed by atoms with Crippen LogP contribution < -0.4 is 5.32 Å². The van der Waals surface area contributed by atoms with E-state index in [2.05, 4.69) is 5.32 Å². The van der Waals surface area contributed by atoms with E-state index in [1.807, 2.05) is 6.92 Å². The minimum Gasteiger partial charge on any atom is -0.464 e. The molecule has 1 aliphatic heterocycles. The second-order valence-corrected chi connectivity index (χ2v) is 3.44. The van der Waals surface area contributed by atoms with Crippen molar-refractivity contribution in [2.24, 2.45) is 0 Å². The van der Waals surface area contributed by atoms with Gasteiger partial charge in [0.05, 0.1) is 6.61 Å². The highest BCUT2D eigenvalue weighted by Crippen LogP contribution is 2.18. The molecule has 86 valence electrons. The van der Waals surface area contributed by atoms with Crippen molar-refractivity contribution in [2.45, 2.75) is 32.7 Å². The molecule has 1 saturated heterocycles. The van der Waals surface area contributed by atoms with Gasteiger partial charge in [0.2, 0.25) is 0 Å². The molecule has 5 nitrogen and oxygen atoms in total. The van der Waals surface area contributed by atoms with E-state index in [4.69, 9.17) is 4.74 Å². The zero-order valence-corrected chi connectivity index (χ0v) is 9.28. The summed E-state index contributed by atoms with van der Waals surface area (Å²) in [5.41, 5.74) is 0. The maximum Gasteiger partial charge on any atom is 0.328 e. The number of nitrogens with one attached hydrogen (secondary N) is 1. The molecular weight excluding hydrogens is 196 g/mol. The molecule has 0 bridgehead atoms. The van der Waals surface area contributed by atoms with Crippen LogP contribution in [0.5, 0.6) is 0 Å². The molecule has 15 heavy (non-hydrogen) atoms. The highest BCUT2D eigenvalue weighted by molar-refractivity contribution is 5.84. The smallest absolute Gasteiger partial charge is 0.328 e. The zero-order valence-electron chi connectivity index (χ0n) is 9.28. The summed E-state index contributed by atoms with van der Waals surface area (Å²) < 4.78 is 4.92. The summed E-state index contributed by atoms with van der Waals surface area (Å²) in [6.07, 6.45) is 1.57. The number of urea groups is 1. The molecule has 0 aromatic carbocycles. The van der Waals surface area contributed by atoms with Crippen LogP contribution in [0.4, 0.5) is 4.79 Å². The first-order valence-corrected chi connectivity index (χ1v) is 5.41. The van der Waals surface area contributed by atoms with Crippen LogP contribution in [-0.2, 0) is 9.53 Å². The van der Waals surface area contributed by atoms with Crippen LogP contribution in [0.2, 0.25) is 0 Å². The van der Waals surface area contributed by atoms with Crippen LogP contribution in [-0.4, -0.2) is 42.6 Å². The molecule has 1 fully saturated rings. The summed E-state index contributed by atoms with van der Waals surface area (Å²) in [5, 5.41) is 2.69. The summed E-state index contributed by atoms with van der Waals surface area (Å²) in [6.45, 7) is 5.19. The summed E-state index contributed by atoms with van der Waals surface area (Å²) in [6, 6.07) is -0.565. The van der Waals surface area contributed by atoms with Gasteiger partial charge in [0.25, 0.3) is 0 Å². The number of carbonyl (C=O) groups excluding carboxylic acids is 2. The van der Waals surface area contributed by atoms with Gasteiger partial charge in [-0.05, 0) is 26.7 Å². The predicted molar refractivity (Wildman–Crippen MR) is 55.4 cm³/mol. The molecule has 1 heterocycles. The van der Waals surface area contributed by atoms with E-state index in [1.54, 1.807) is 11.8 Å². The molecule has 0 aromatic heterocycles. The third-order valence-corrected chi connectivity index (χ3v) is 2.40. The van der Waals surface area contributed by atoms with Crippen LogP contribution in [0.15, 0.2) is 0 Å². The monoisotopic (exact) mass is 214 g/mol. The number of rotatable bonds is 3. The normalized spacial score (nSPS) is 20.1. The molecular formula is C10H18N2O3. The average molecular weight is 214 g/mol. The van der Waals surface area contributed by atoms with Crippen molar-refractivity contribution in [3.8, 4) is 0 Å². The molecule has 0 radical (unpaired) electrons. The van der Waals surface area contributed by atoms with Crippen LogP contribution in [0.1, 0.15) is 26.7 Å². The van der Waals surface area contributed by atoms with Crippen molar-refractivity contribution in [2.75, 3.05) is 19.7 Å². The molecule has 1 aliphatic rings. The minimum atomic E-state index is -0.392. The van der Waals surface area contributed by atoms with Crippen molar-refractivity contribution >= 4 is 12.0 Å². The Morgan fingerprint density at radius 3 is 2.80 bits per heavy atom. The number of esters is 1. The molecule has 1 N–H and O–H groups in total. The Balaban J connectivity index is 2.56. The van der Waals surface area contributed by atoms with E-state index in [0.29, 0.717) is 26.1 Å². The fourth-order valence-corrected chi connectivity index (χ4v) is 1.75. The largest absolute Gasteiger partial charge is 0.464 e. The number of hydrogen-bond acceptors (Lipinski definition) is 3. The van der Waals surface area contributed by atoms with Crippen LogP contribution in [0.25, 0.3) is 0 Å².